The van der Waals surface area contributed by atoms with Crippen molar-refractivity contribution in [2.75, 3.05) is 12.8 Å². The Kier molecular flexibility index (Phi) is 4.52. The summed E-state index contributed by atoms with van der Waals surface area (Å²) in [6, 6.07) is 9.81. The Morgan fingerprint density at radius 3 is 2.89 bits per heavy atom. The Morgan fingerprint density at radius 1 is 1.44 bits per heavy atom. The van der Waals surface area contributed by atoms with E-state index < -0.39 is 0 Å². The third-order valence-electron chi connectivity index (χ3n) is 2.52. The Morgan fingerprint density at radius 2 is 2.22 bits per heavy atom. The van der Waals surface area contributed by atoms with Gasteiger partial charge in [-0.05, 0) is 11.8 Å². The van der Waals surface area contributed by atoms with Gasteiger partial charge in [0.15, 0.2) is 5.17 Å². The summed E-state index contributed by atoms with van der Waals surface area (Å²) in [4.78, 5) is 19.4. The van der Waals surface area contributed by atoms with Crippen molar-refractivity contribution in [1.82, 2.24) is 0 Å². The van der Waals surface area contributed by atoms with Gasteiger partial charge in [0.25, 0.3) is 0 Å². The van der Waals surface area contributed by atoms with Crippen molar-refractivity contribution in [3.8, 4) is 0 Å². The van der Waals surface area contributed by atoms with Crippen LogP contribution in [0.3, 0.4) is 0 Å². The molecule has 1 heterocycles. The normalized spacial score (nSPS) is 18.8. The first-order valence-corrected chi connectivity index (χ1v) is 6.85. The highest BCUT2D eigenvalue weighted by atomic mass is 32.2. The van der Waals surface area contributed by atoms with E-state index in [0.717, 1.165) is 11.8 Å². The second-order valence-electron chi connectivity index (χ2n) is 3.79. The van der Waals surface area contributed by atoms with E-state index in [-0.39, 0.29) is 5.92 Å². The molecule has 0 aliphatic carbocycles. The molecular weight excluding hydrogens is 248 g/mol. The average Bonchev–Trinajstić information content (AvgIpc) is 2.45. The molecule has 0 aromatic heterocycles. The molecule has 94 valence electrons. The highest BCUT2D eigenvalue weighted by molar-refractivity contribution is 8.13. The molecule has 5 heteroatoms. The van der Waals surface area contributed by atoms with Crippen LogP contribution in [0, 0.1) is 5.92 Å². The molecule has 0 saturated carbocycles. The summed E-state index contributed by atoms with van der Waals surface area (Å²) in [6.45, 7) is 0.846. The van der Waals surface area contributed by atoms with Gasteiger partial charge in [0, 0.05) is 0 Å². The lowest BCUT2D eigenvalue weighted by Crippen LogP contribution is -2.26. The van der Waals surface area contributed by atoms with Gasteiger partial charge in [-0.3, -0.25) is 4.99 Å². The van der Waals surface area contributed by atoms with Gasteiger partial charge in [0.2, 0.25) is 5.90 Å². The first-order valence-electron chi connectivity index (χ1n) is 5.62. The molecule has 4 nitrogen and oxygen atoms in total. The molecule has 0 N–H and O–H groups in total. The maximum Gasteiger partial charge on any atom is 0.203 e. The summed E-state index contributed by atoms with van der Waals surface area (Å²) >= 11 is 1.45. The second-order valence-corrected chi connectivity index (χ2v) is 4.57. The number of carbonyl (C=O) groups excluding carboxylic acids is 1. The maximum atomic E-state index is 10.9. The molecule has 1 aromatic rings. The highest BCUT2D eigenvalue weighted by Crippen LogP contribution is 2.14. The van der Waals surface area contributed by atoms with Crippen LogP contribution in [-0.2, 0) is 16.1 Å². The van der Waals surface area contributed by atoms with Crippen molar-refractivity contribution in [3.05, 3.63) is 35.9 Å². The van der Waals surface area contributed by atoms with Crippen molar-refractivity contribution >= 4 is 29.1 Å². The molecule has 0 spiro atoms. The zero-order valence-corrected chi connectivity index (χ0v) is 10.9. The van der Waals surface area contributed by atoms with E-state index >= 15 is 0 Å². The number of aldehydes is 1. The van der Waals surface area contributed by atoms with Gasteiger partial charge < -0.3 is 9.53 Å². The predicted octanol–water partition coefficient (Wildman–Crippen LogP) is 2.15. The Labute approximate surface area is 110 Å². The zero-order chi connectivity index (χ0) is 12.8. The van der Waals surface area contributed by atoms with Crippen LogP contribution >= 0.6 is 11.8 Å². The fraction of sp³-hybridized carbons (Fsp3) is 0.308. The number of thioether (sulfide) groups is 1. The molecule has 0 bridgehead atoms. The second kappa shape index (κ2) is 6.35. The lowest BCUT2D eigenvalue weighted by atomic mass is 10.1. The fourth-order valence-electron chi connectivity index (χ4n) is 1.55. The lowest BCUT2D eigenvalue weighted by molar-refractivity contribution is -0.109. The average molecular weight is 262 g/mol. The molecule has 0 saturated heterocycles. The van der Waals surface area contributed by atoms with E-state index in [9.17, 15) is 4.79 Å². The first kappa shape index (κ1) is 12.8. The van der Waals surface area contributed by atoms with Crippen LogP contribution in [-0.4, -0.2) is 30.2 Å². The van der Waals surface area contributed by atoms with Crippen molar-refractivity contribution in [2.45, 2.75) is 6.61 Å². The summed E-state index contributed by atoms with van der Waals surface area (Å²) in [5, 5.41) is 0.663. The SMILES string of the molecule is CSC1=NCC(C=O)C(OCc2ccccc2)=N1. The number of amidine groups is 1. The van der Waals surface area contributed by atoms with Gasteiger partial charge in [0.1, 0.15) is 18.8 Å². The van der Waals surface area contributed by atoms with Crippen LogP contribution in [0.25, 0.3) is 0 Å². The summed E-state index contributed by atoms with van der Waals surface area (Å²) in [5.74, 6) is 0.109. The van der Waals surface area contributed by atoms with Crippen LogP contribution in [0.4, 0.5) is 0 Å². The first-order chi connectivity index (χ1) is 8.83. The maximum absolute atomic E-state index is 10.9. The molecule has 2 rings (SSSR count). The number of rotatable bonds is 3. The number of hydrogen-bond acceptors (Lipinski definition) is 5. The molecule has 1 unspecified atom stereocenters. The highest BCUT2D eigenvalue weighted by Gasteiger charge is 2.21. The van der Waals surface area contributed by atoms with Crippen LogP contribution in [0.2, 0.25) is 0 Å². The summed E-state index contributed by atoms with van der Waals surface area (Å²) < 4.78 is 5.63. The third-order valence-corrected chi connectivity index (χ3v) is 3.11. The minimum atomic E-state index is -0.357. The molecule has 1 atom stereocenters. The standard InChI is InChI=1S/C13H14N2O2S/c1-18-13-14-7-11(8-16)12(15-13)17-9-10-5-3-2-4-6-10/h2-6,8,11H,7,9H2,1H3. The number of carbonyl (C=O) groups is 1. The molecule has 0 amide bonds. The Hall–Kier alpha value is -1.62. The van der Waals surface area contributed by atoms with Crippen molar-refractivity contribution in [3.63, 3.8) is 0 Å². The van der Waals surface area contributed by atoms with Gasteiger partial charge in [-0.15, -0.1) is 0 Å². The number of benzene rings is 1. The minimum Gasteiger partial charge on any atom is -0.475 e. The number of ether oxygens (including phenoxy) is 1. The number of hydrogen-bond donors (Lipinski definition) is 0. The fourth-order valence-corrected chi connectivity index (χ4v) is 1.93. The van der Waals surface area contributed by atoms with Crippen LogP contribution in [0.15, 0.2) is 40.3 Å². The zero-order valence-electron chi connectivity index (χ0n) is 10.1. The van der Waals surface area contributed by atoms with Gasteiger partial charge in [-0.1, -0.05) is 42.1 Å². The van der Waals surface area contributed by atoms with E-state index in [4.69, 9.17) is 4.74 Å². The topological polar surface area (TPSA) is 51.0 Å². The number of aliphatic imine (C=N–C) groups is 2. The molecular formula is C13H14N2O2S. The molecule has 0 fully saturated rings. The molecule has 18 heavy (non-hydrogen) atoms. The smallest absolute Gasteiger partial charge is 0.203 e. The molecule has 1 aliphatic rings. The minimum absolute atomic E-state index is 0.357. The van der Waals surface area contributed by atoms with E-state index in [0.29, 0.717) is 24.2 Å². The van der Waals surface area contributed by atoms with Crippen LogP contribution in [0.5, 0.6) is 0 Å². The van der Waals surface area contributed by atoms with Crippen molar-refractivity contribution in [1.29, 1.82) is 0 Å². The van der Waals surface area contributed by atoms with E-state index in [1.54, 1.807) is 0 Å². The van der Waals surface area contributed by atoms with Crippen LogP contribution in [0.1, 0.15) is 5.56 Å². The Balaban J connectivity index is 2.03. The van der Waals surface area contributed by atoms with Crippen LogP contribution < -0.4 is 0 Å². The summed E-state index contributed by atoms with van der Waals surface area (Å²) in [7, 11) is 0. The molecule has 1 aromatic carbocycles. The van der Waals surface area contributed by atoms with Gasteiger partial charge in [-0.2, -0.15) is 4.99 Å². The monoisotopic (exact) mass is 262 g/mol. The predicted molar refractivity (Wildman–Crippen MR) is 74.0 cm³/mol. The van der Waals surface area contributed by atoms with Crippen molar-refractivity contribution < 1.29 is 9.53 Å². The largest absolute Gasteiger partial charge is 0.475 e. The number of nitrogens with zero attached hydrogens (tertiary/aromatic N) is 2. The van der Waals surface area contributed by atoms with E-state index in [1.165, 1.54) is 11.8 Å². The van der Waals surface area contributed by atoms with Gasteiger partial charge >= 0.3 is 0 Å². The van der Waals surface area contributed by atoms with Crippen molar-refractivity contribution in [2.24, 2.45) is 15.9 Å². The third kappa shape index (κ3) is 3.20. The van der Waals surface area contributed by atoms with Gasteiger partial charge in [-0.25, -0.2) is 0 Å². The lowest BCUT2D eigenvalue weighted by Gasteiger charge is -2.17. The quantitative estimate of drug-likeness (QED) is 0.784. The van der Waals surface area contributed by atoms with E-state index in [1.807, 2.05) is 36.6 Å². The molecule has 0 radical (unpaired) electrons. The van der Waals surface area contributed by atoms with Gasteiger partial charge in [0.05, 0.1) is 6.54 Å². The molecule has 1 aliphatic heterocycles. The summed E-state index contributed by atoms with van der Waals surface area (Å²) in [5.41, 5.74) is 1.05. The summed E-state index contributed by atoms with van der Waals surface area (Å²) in [6.07, 6.45) is 2.74. The Bertz CT molecular complexity index is 471. The van der Waals surface area contributed by atoms with E-state index in [2.05, 4.69) is 9.98 Å².